The van der Waals surface area contributed by atoms with Crippen LogP contribution in [0, 0.1) is 12.9 Å². The van der Waals surface area contributed by atoms with Gasteiger partial charge in [0.2, 0.25) is 5.95 Å². The molecule has 1 N–H and O–H groups in total. The first-order valence-corrected chi connectivity index (χ1v) is 9.24. The summed E-state index contributed by atoms with van der Waals surface area (Å²) in [7, 11) is 1.98. The molecule has 5 heteroatoms. The van der Waals surface area contributed by atoms with Crippen LogP contribution in [0.15, 0.2) is 47.6 Å². The number of anilines is 1. The van der Waals surface area contributed by atoms with Crippen molar-refractivity contribution in [2.24, 2.45) is 12.0 Å². The summed E-state index contributed by atoms with van der Waals surface area (Å²) in [6.07, 6.45) is 5.69. The van der Waals surface area contributed by atoms with Crippen molar-refractivity contribution in [3.8, 4) is 0 Å². The summed E-state index contributed by atoms with van der Waals surface area (Å²) in [5.74, 6) is 0.128. The van der Waals surface area contributed by atoms with Crippen LogP contribution in [0.25, 0.3) is 6.08 Å². The van der Waals surface area contributed by atoms with Crippen molar-refractivity contribution in [1.29, 1.82) is 0 Å². The van der Waals surface area contributed by atoms with Crippen molar-refractivity contribution >= 4 is 11.9 Å². The first-order valence-electron chi connectivity index (χ1n) is 9.24. The van der Waals surface area contributed by atoms with E-state index >= 15 is 0 Å². The Morgan fingerprint density at radius 2 is 1.93 bits per heavy atom. The molecule has 4 rings (SSSR count). The number of aryl methyl sites for hydroxylation is 2. The quantitative estimate of drug-likeness (QED) is 0.709. The Morgan fingerprint density at radius 1 is 1.11 bits per heavy atom. The second-order valence-corrected chi connectivity index (χ2v) is 7.04. The van der Waals surface area contributed by atoms with Gasteiger partial charge in [0.15, 0.2) is 0 Å². The zero-order valence-corrected chi connectivity index (χ0v) is 15.7. The van der Waals surface area contributed by atoms with E-state index in [1.165, 1.54) is 5.56 Å². The maximum atomic E-state index is 14.6. The second-order valence-electron chi connectivity index (χ2n) is 7.04. The lowest BCUT2D eigenvalue weighted by molar-refractivity contribution is 0.571. The van der Waals surface area contributed by atoms with E-state index in [2.05, 4.69) is 52.6 Å². The standard InChI is InChI=1S/C22H23FN4/c1-15-5-7-16(8-6-15)13-25-20-10-9-17(21(23)26-20)12-18-14-27(2)22-19(18)4-3-11-24-22/h4-10,14H,3,11-13H2,1-2H3,(H,25,26). The Morgan fingerprint density at radius 3 is 2.70 bits per heavy atom. The predicted octanol–water partition coefficient (Wildman–Crippen LogP) is 2.87. The fourth-order valence-electron chi connectivity index (χ4n) is 3.43. The summed E-state index contributed by atoms with van der Waals surface area (Å²) in [6.45, 7) is 3.50. The minimum absolute atomic E-state index is 0.422. The van der Waals surface area contributed by atoms with E-state index in [1.807, 2.05) is 29.9 Å². The molecule has 0 spiro atoms. The minimum Gasteiger partial charge on any atom is -0.366 e. The summed E-state index contributed by atoms with van der Waals surface area (Å²) in [5, 5.41) is 4.32. The number of nitrogens with zero attached hydrogens (tertiary/aromatic N) is 3. The number of pyridine rings is 1. The predicted molar refractivity (Wildman–Crippen MR) is 106 cm³/mol. The van der Waals surface area contributed by atoms with Gasteiger partial charge in [0.1, 0.15) is 11.3 Å². The third-order valence-corrected chi connectivity index (χ3v) is 4.91. The zero-order chi connectivity index (χ0) is 18.8. The highest BCUT2D eigenvalue weighted by Gasteiger charge is 2.11. The third-order valence-electron chi connectivity index (χ3n) is 4.91. The molecule has 0 radical (unpaired) electrons. The number of halogens is 1. The maximum Gasteiger partial charge on any atom is 0.218 e. The van der Waals surface area contributed by atoms with Gasteiger partial charge in [-0.2, -0.15) is 4.39 Å². The maximum absolute atomic E-state index is 14.6. The fourth-order valence-corrected chi connectivity index (χ4v) is 3.43. The lowest BCUT2D eigenvalue weighted by Crippen LogP contribution is -2.32. The van der Waals surface area contributed by atoms with Crippen LogP contribution in [0.1, 0.15) is 28.7 Å². The van der Waals surface area contributed by atoms with Crippen molar-refractivity contribution < 1.29 is 4.39 Å². The normalized spacial score (nSPS) is 12.9. The Labute approximate surface area is 158 Å². The Balaban J connectivity index is 1.50. The van der Waals surface area contributed by atoms with Crippen molar-refractivity contribution in [1.82, 2.24) is 9.55 Å². The average molecular weight is 362 g/mol. The van der Waals surface area contributed by atoms with Gasteiger partial charge >= 0.3 is 0 Å². The molecule has 0 aliphatic carbocycles. The van der Waals surface area contributed by atoms with Gasteiger partial charge in [0.25, 0.3) is 0 Å². The third kappa shape index (κ3) is 3.77. The number of benzene rings is 1. The second kappa shape index (κ2) is 7.35. The molecule has 2 aromatic heterocycles. The van der Waals surface area contributed by atoms with E-state index in [-0.39, 0.29) is 0 Å². The van der Waals surface area contributed by atoms with Crippen molar-refractivity contribution in [2.45, 2.75) is 26.3 Å². The van der Waals surface area contributed by atoms with E-state index in [0.29, 0.717) is 24.3 Å². The van der Waals surface area contributed by atoms with Crippen LogP contribution in [-0.4, -0.2) is 16.1 Å². The summed E-state index contributed by atoms with van der Waals surface area (Å²) in [4.78, 5) is 8.66. The number of hydrogen-bond acceptors (Lipinski definition) is 3. The molecule has 1 aliphatic heterocycles. The van der Waals surface area contributed by atoms with E-state index in [9.17, 15) is 4.39 Å². The first kappa shape index (κ1) is 17.5. The molecule has 3 aromatic rings. The molecular formula is C22H23FN4. The van der Waals surface area contributed by atoms with Crippen LogP contribution in [0.3, 0.4) is 0 Å². The Hall–Kier alpha value is -2.95. The lowest BCUT2D eigenvalue weighted by atomic mass is 10.1. The molecule has 0 bridgehead atoms. The van der Waals surface area contributed by atoms with Gasteiger partial charge in [-0.3, -0.25) is 4.99 Å². The smallest absolute Gasteiger partial charge is 0.218 e. The first-order chi connectivity index (χ1) is 13.1. The zero-order valence-electron chi connectivity index (χ0n) is 15.7. The molecule has 0 amide bonds. The highest BCUT2D eigenvalue weighted by molar-refractivity contribution is 5.40. The van der Waals surface area contributed by atoms with Gasteiger partial charge < -0.3 is 9.88 Å². The number of nitrogens with one attached hydrogen (secondary N) is 1. The molecule has 0 atom stereocenters. The fraction of sp³-hybridized carbons (Fsp3) is 0.273. The number of fused-ring (bicyclic) bond motifs is 1. The molecule has 0 unspecified atom stereocenters. The van der Waals surface area contributed by atoms with Gasteiger partial charge in [-0.1, -0.05) is 42.0 Å². The molecular weight excluding hydrogens is 339 g/mol. The van der Waals surface area contributed by atoms with Crippen LogP contribution >= 0.6 is 0 Å². The SMILES string of the molecule is Cc1ccc(CNc2ccc(Cc3cn(C)c4c3=CCCN=4)c(F)n2)cc1. The van der Waals surface area contributed by atoms with Crippen LogP contribution in [0.2, 0.25) is 0 Å². The Kier molecular flexibility index (Phi) is 4.75. The summed E-state index contributed by atoms with van der Waals surface area (Å²) < 4.78 is 16.6. The van der Waals surface area contributed by atoms with Crippen LogP contribution in [-0.2, 0) is 20.0 Å². The number of hydrogen-bond donors (Lipinski definition) is 1. The molecule has 27 heavy (non-hydrogen) atoms. The molecule has 0 saturated heterocycles. The molecule has 1 aliphatic rings. The molecule has 0 saturated carbocycles. The highest BCUT2D eigenvalue weighted by atomic mass is 19.1. The van der Waals surface area contributed by atoms with Crippen molar-refractivity contribution in [3.63, 3.8) is 0 Å². The minimum atomic E-state index is -0.422. The largest absolute Gasteiger partial charge is 0.366 e. The van der Waals surface area contributed by atoms with E-state index in [0.717, 1.165) is 34.8 Å². The van der Waals surface area contributed by atoms with E-state index in [4.69, 9.17) is 0 Å². The highest BCUT2D eigenvalue weighted by Crippen LogP contribution is 2.14. The summed E-state index contributed by atoms with van der Waals surface area (Å²) in [6, 6.07) is 11.9. The number of aromatic nitrogens is 2. The van der Waals surface area contributed by atoms with E-state index < -0.39 is 5.95 Å². The van der Waals surface area contributed by atoms with Crippen LogP contribution in [0.5, 0.6) is 0 Å². The van der Waals surface area contributed by atoms with Gasteiger partial charge in [0.05, 0.1) is 0 Å². The molecule has 3 heterocycles. The summed E-state index contributed by atoms with van der Waals surface area (Å²) in [5.41, 5.74) is 5.05. The Bertz CT molecular complexity index is 1080. The summed E-state index contributed by atoms with van der Waals surface area (Å²) >= 11 is 0. The van der Waals surface area contributed by atoms with Crippen molar-refractivity contribution in [3.05, 3.63) is 81.5 Å². The van der Waals surface area contributed by atoms with Gasteiger partial charge in [-0.05, 0) is 30.5 Å². The molecule has 4 nitrogen and oxygen atoms in total. The molecule has 0 fully saturated rings. The topological polar surface area (TPSA) is 42.2 Å². The molecule has 138 valence electrons. The van der Waals surface area contributed by atoms with Crippen molar-refractivity contribution in [2.75, 3.05) is 11.9 Å². The monoisotopic (exact) mass is 362 g/mol. The number of rotatable bonds is 5. The van der Waals surface area contributed by atoms with Crippen LogP contribution < -0.4 is 16.0 Å². The van der Waals surface area contributed by atoms with Gasteiger partial charge in [0, 0.05) is 43.5 Å². The molecule has 1 aromatic carbocycles. The lowest BCUT2D eigenvalue weighted by Gasteiger charge is -2.08. The van der Waals surface area contributed by atoms with Gasteiger partial charge in [-0.25, -0.2) is 4.98 Å². The van der Waals surface area contributed by atoms with Gasteiger partial charge in [-0.15, -0.1) is 0 Å². The van der Waals surface area contributed by atoms with Crippen LogP contribution in [0.4, 0.5) is 10.2 Å². The van der Waals surface area contributed by atoms with E-state index in [1.54, 1.807) is 0 Å². The average Bonchev–Trinajstić information content (AvgIpc) is 2.99.